The summed E-state index contributed by atoms with van der Waals surface area (Å²) in [5.74, 6) is 2.13. The molecule has 0 radical (unpaired) electrons. The van der Waals surface area contributed by atoms with Crippen LogP contribution < -0.4 is 5.32 Å². The Kier molecular flexibility index (Phi) is 6.78. The van der Waals surface area contributed by atoms with Gasteiger partial charge < -0.3 is 10.2 Å². The summed E-state index contributed by atoms with van der Waals surface area (Å²) < 4.78 is 26.0. The van der Waals surface area contributed by atoms with Crippen molar-refractivity contribution in [1.82, 2.24) is 14.5 Å². The molecule has 1 atom stereocenters. The molecule has 2 heterocycles. The lowest BCUT2D eigenvalue weighted by Crippen LogP contribution is -2.53. The van der Waals surface area contributed by atoms with E-state index in [0.717, 1.165) is 44.2 Å². The zero-order valence-corrected chi connectivity index (χ0v) is 17.9. The van der Waals surface area contributed by atoms with E-state index in [1.807, 2.05) is 0 Å². The van der Waals surface area contributed by atoms with E-state index in [1.165, 1.54) is 38.4 Å². The standard InChI is InChI=1S/C18H34N4O2S2/c1-3-19-17(20-14-16-8-7-11-22(16)26(2,23)24)21-12-13-25-18(15-21)9-5-4-6-10-18/h16H,3-15H2,1-2H3,(H,19,20)/t16-/m1/s1. The van der Waals surface area contributed by atoms with Crippen LogP contribution in [-0.2, 0) is 10.0 Å². The lowest BCUT2D eigenvalue weighted by atomic mass is 9.87. The molecule has 150 valence electrons. The average molecular weight is 403 g/mol. The lowest BCUT2D eigenvalue weighted by Gasteiger charge is -2.45. The number of hydrogen-bond donors (Lipinski definition) is 1. The first-order valence-electron chi connectivity index (χ1n) is 10.1. The SMILES string of the molecule is CCNC(=NC[C@H]1CCCN1S(C)(=O)=O)N1CCSC2(CCCCC2)C1. The number of sulfonamides is 1. The molecule has 0 amide bonds. The minimum Gasteiger partial charge on any atom is -0.357 e. The first-order chi connectivity index (χ1) is 12.4. The van der Waals surface area contributed by atoms with Gasteiger partial charge in [-0.1, -0.05) is 19.3 Å². The van der Waals surface area contributed by atoms with Crippen LogP contribution in [0.3, 0.4) is 0 Å². The van der Waals surface area contributed by atoms with E-state index in [2.05, 4.69) is 28.9 Å². The van der Waals surface area contributed by atoms with Crippen LogP contribution in [0, 0.1) is 0 Å². The fourth-order valence-electron chi connectivity index (χ4n) is 4.57. The maximum atomic E-state index is 12.0. The van der Waals surface area contributed by atoms with E-state index in [9.17, 15) is 8.42 Å². The highest BCUT2D eigenvalue weighted by molar-refractivity contribution is 8.00. The van der Waals surface area contributed by atoms with Crippen molar-refractivity contribution in [2.75, 3.05) is 44.7 Å². The van der Waals surface area contributed by atoms with Crippen LogP contribution in [0.2, 0.25) is 0 Å². The smallest absolute Gasteiger partial charge is 0.211 e. The van der Waals surface area contributed by atoms with Gasteiger partial charge in [0.15, 0.2) is 5.96 Å². The molecule has 0 aromatic carbocycles. The predicted octanol–water partition coefficient (Wildman–Crippen LogP) is 2.13. The van der Waals surface area contributed by atoms with E-state index >= 15 is 0 Å². The Balaban J connectivity index is 1.68. The Labute approximate surface area is 163 Å². The van der Waals surface area contributed by atoms with E-state index in [1.54, 1.807) is 4.31 Å². The molecule has 2 saturated heterocycles. The summed E-state index contributed by atoms with van der Waals surface area (Å²) in [6, 6.07) is 0.0152. The molecule has 1 saturated carbocycles. The van der Waals surface area contributed by atoms with Crippen LogP contribution in [0.5, 0.6) is 0 Å². The van der Waals surface area contributed by atoms with Crippen molar-refractivity contribution < 1.29 is 8.42 Å². The van der Waals surface area contributed by atoms with Crippen LogP contribution in [0.4, 0.5) is 0 Å². The summed E-state index contributed by atoms with van der Waals surface area (Å²) in [5, 5.41) is 3.45. The van der Waals surface area contributed by atoms with Gasteiger partial charge in [0.05, 0.1) is 12.8 Å². The topological polar surface area (TPSA) is 65.0 Å². The number of aliphatic imine (C=N–C) groups is 1. The third-order valence-electron chi connectivity index (χ3n) is 5.85. The molecule has 0 aromatic rings. The monoisotopic (exact) mass is 402 g/mol. The second kappa shape index (κ2) is 8.69. The lowest BCUT2D eigenvalue weighted by molar-refractivity contribution is 0.292. The number of guanidine groups is 1. The van der Waals surface area contributed by atoms with Crippen molar-refractivity contribution in [3.8, 4) is 0 Å². The van der Waals surface area contributed by atoms with Gasteiger partial charge in [-0.3, -0.25) is 4.99 Å². The molecule has 6 nitrogen and oxygen atoms in total. The van der Waals surface area contributed by atoms with Gasteiger partial charge >= 0.3 is 0 Å². The maximum absolute atomic E-state index is 12.0. The Morgan fingerprint density at radius 1 is 1.23 bits per heavy atom. The van der Waals surface area contributed by atoms with Crippen LogP contribution in [0.25, 0.3) is 0 Å². The molecular weight excluding hydrogens is 368 g/mol. The molecule has 2 aliphatic heterocycles. The fraction of sp³-hybridized carbons (Fsp3) is 0.944. The largest absolute Gasteiger partial charge is 0.357 e. The van der Waals surface area contributed by atoms with Gasteiger partial charge in [-0.2, -0.15) is 16.1 Å². The molecular formula is C18H34N4O2S2. The second-order valence-electron chi connectivity index (χ2n) is 7.88. The van der Waals surface area contributed by atoms with Crippen molar-refractivity contribution in [2.24, 2.45) is 4.99 Å². The zero-order chi connectivity index (χ0) is 18.6. The Morgan fingerprint density at radius 3 is 2.69 bits per heavy atom. The Hall–Kier alpha value is -0.470. The van der Waals surface area contributed by atoms with E-state index in [4.69, 9.17) is 4.99 Å². The second-order valence-corrected chi connectivity index (χ2v) is 11.4. The number of nitrogens with zero attached hydrogens (tertiary/aromatic N) is 3. The third-order valence-corrected chi connectivity index (χ3v) is 8.72. The van der Waals surface area contributed by atoms with Gasteiger partial charge in [-0.05, 0) is 32.6 Å². The quantitative estimate of drug-likeness (QED) is 0.576. The van der Waals surface area contributed by atoms with Gasteiger partial charge in [0.25, 0.3) is 0 Å². The minimum atomic E-state index is -3.13. The predicted molar refractivity (Wildman–Crippen MR) is 110 cm³/mol. The van der Waals surface area contributed by atoms with Gasteiger partial charge in [0, 0.05) is 42.7 Å². The molecule has 8 heteroatoms. The summed E-state index contributed by atoms with van der Waals surface area (Å²) in [4.78, 5) is 7.30. The number of hydrogen-bond acceptors (Lipinski definition) is 4. The van der Waals surface area contributed by atoms with Crippen molar-refractivity contribution >= 4 is 27.7 Å². The summed E-state index contributed by atoms with van der Waals surface area (Å²) in [6.07, 6.45) is 9.87. The molecule has 3 rings (SSSR count). The fourth-order valence-corrected chi connectivity index (χ4v) is 7.31. The highest BCUT2D eigenvalue weighted by Crippen LogP contribution is 2.42. The summed E-state index contributed by atoms with van der Waals surface area (Å²) in [5.41, 5.74) is 0. The number of nitrogens with one attached hydrogen (secondary N) is 1. The van der Waals surface area contributed by atoms with Gasteiger partial charge in [0.1, 0.15) is 0 Å². The van der Waals surface area contributed by atoms with Crippen molar-refractivity contribution in [2.45, 2.75) is 62.7 Å². The average Bonchev–Trinajstić information content (AvgIpc) is 3.08. The van der Waals surface area contributed by atoms with Crippen LogP contribution in [0.1, 0.15) is 51.9 Å². The molecule has 0 unspecified atom stereocenters. The van der Waals surface area contributed by atoms with Gasteiger partial charge in [-0.15, -0.1) is 0 Å². The molecule has 1 spiro atoms. The highest BCUT2D eigenvalue weighted by Gasteiger charge is 2.38. The highest BCUT2D eigenvalue weighted by atomic mass is 32.2. The third kappa shape index (κ3) is 4.87. The van der Waals surface area contributed by atoms with Crippen molar-refractivity contribution in [1.29, 1.82) is 0 Å². The van der Waals surface area contributed by atoms with E-state index < -0.39 is 10.0 Å². The molecule has 26 heavy (non-hydrogen) atoms. The summed E-state index contributed by atoms with van der Waals surface area (Å²) in [6.45, 7) is 6.24. The van der Waals surface area contributed by atoms with E-state index in [-0.39, 0.29) is 6.04 Å². The molecule has 0 bridgehead atoms. The molecule has 1 aliphatic carbocycles. The zero-order valence-electron chi connectivity index (χ0n) is 16.2. The Morgan fingerprint density at radius 2 is 2.00 bits per heavy atom. The number of rotatable bonds is 4. The molecule has 0 aromatic heterocycles. The van der Waals surface area contributed by atoms with Crippen LogP contribution in [0.15, 0.2) is 4.99 Å². The van der Waals surface area contributed by atoms with Crippen LogP contribution >= 0.6 is 11.8 Å². The normalized spacial score (nSPS) is 27.8. The Bertz CT molecular complexity index is 597. The van der Waals surface area contributed by atoms with Gasteiger partial charge in [-0.25, -0.2) is 8.42 Å². The van der Waals surface area contributed by atoms with Crippen molar-refractivity contribution in [3.05, 3.63) is 0 Å². The van der Waals surface area contributed by atoms with Crippen LogP contribution in [-0.4, -0.2) is 79.1 Å². The van der Waals surface area contributed by atoms with E-state index in [0.29, 0.717) is 17.8 Å². The summed E-state index contributed by atoms with van der Waals surface area (Å²) >= 11 is 2.16. The first-order valence-corrected chi connectivity index (χ1v) is 12.9. The van der Waals surface area contributed by atoms with Gasteiger partial charge in [0.2, 0.25) is 10.0 Å². The number of thioether (sulfide) groups is 1. The summed E-state index contributed by atoms with van der Waals surface area (Å²) in [7, 11) is -3.13. The first kappa shape index (κ1) is 20.3. The minimum absolute atomic E-state index is 0.0152. The molecule has 3 aliphatic rings. The molecule has 3 fully saturated rings. The molecule has 1 N–H and O–H groups in total. The van der Waals surface area contributed by atoms with Crippen molar-refractivity contribution in [3.63, 3.8) is 0 Å². The maximum Gasteiger partial charge on any atom is 0.211 e.